The maximum atomic E-state index is 13.7. The van der Waals surface area contributed by atoms with Crippen molar-refractivity contribution in [2.24, 2.45) is 0 Å². The van der Waals surface area contributed by atoms with Gasteiger partial charge in [0.1, 0.15) is 12.4 Å². The molecule has 2 heterocycles. The second kappa shape index (κ2) is 8.92. The molecule has 1 fully saturated rings. The lowest BCUT2D eigenvalue weighted by Crippen LogP contribution is -2.46. The molecule has 1 saturated heterocycles. The lowest BCUT2D eigenvalue weighted by atomic mass is 10.1. The van der Waals surface area contributed by atoms with Crippen molar-refractivity contribution >= 4 is 11.9 Å². The summed E-state index contributed by atoms with van der Waals surface area (Å²) in [6.45, 7) is 2.33. The van der Waals surface area contributed by atoms with E-state index in [2.05, 4.69) is 10.1 Å². The van der Waals surface area contributed by atoms with Gasteiger partial charge in [0.25, 0.3) is 0 Å². The van der Waals surface area contributed by atoms with E-state index in [9.17, 15) is 14.0 Å². The van der Waals surface area contributed by atoms with Crippen LogP contribution in [0.3, 0.4) is 0 Å². The van der Waals surface area contributed by atoms with E-state index in [-0.39, 0.29) is 48.9 Å². The zero-order chi connectivity index (χ0) is 20.1. The summed E-state index contributed by atoms with van der Waals surface area (Å²) < 4.78 is 24.1. The van der Waals surface area contributed by atoms with Crippen LogP contribution in [0.25, 0.3) is 11.4 Å². The van der Waals surface area contributed by atoms with E-state index in [1.165, 1.54) is 11.0 Å². The molecule has 1 aliphatic heterocycles. The Bertz CT molecular complexity index is 848. The SMILES string of the molecule is Cc1ccc(-c2noc(CCC(=O)N(CC(=O)O)C3CCOCC3)n2)cc1F. The van der Waals surface area contributed by atoms with Gasteiger partial charge in [0, 0.05) is 37.7 Å². The Morgan fingerprint density at radius 3 is 2.75 bits per heavy atom. The molecular formula is C19H22FN3O5. The first kappa shape index (κ1) is 19.9. The van der Waals surface area contributed by atoms with E-state index in [1.807, 2.05) is 0 Å². The molecule has 9 heteroatoms. The number of nitrogens with zero attached hydrogens (tertiary/aromatic N) is 3. The van der Waals surface area contributed by atoms with Gasteiger partial charge in [-0.05, 0) is 31.4 Å². The number of aliphatic carboxylic acids is 1. The molecule has 1 aromatic heterocycles. The zero-order valence-electron chi connectivity index (χ0n) is 15.6. The average Bonchev–Trinajstić information content (AvgIpc) is 3.16. The highest BCUT2D eigenvalue weighted by Crippen LogP contribution is 2.20. The number of ether oxygens (including phenoxy) is 1. The number of amides is 1. The molecular weight excluding hydrogens is 369 g/mol. The van der Waals surface area contributed by atoms with Crippen molar-refractivity contribution in [3.05, 3.63) is 35.5 Å². The third-order valence-corrected chi connectivity index (χ3v) is 4.71. The van der Waals surface area contributed by atoms with Crippen molar-refractivity contribution in [2.75, 3.05) is 19.8 Å². The molecule has 0 aliphatic carbocycles. The van der Waals surface area contributed by atoms with Gasteiger partial charge in [0.05, 0.1) is 0 Å². The molecule has 2 aromatic rings. The van der Waals surface area contributed by atoms with Gasteiger partial charge in [0.2, 0.25) is 17.6 Å². The number of hydrogen-bond donors (Lipinski definition) is 1. The molecule has 1 amide bonds. The van der Waals surface area contributed by atoms with Crippen LogP contribution in [0.15, 0.2) is 22.7 Å². The molecule has 1 N–H and O–H groups in total. The maximum Gasteiger partial charge on any atom is 0.323 e. The number of carbonyl (C=O) groups excluding carboxylic acids is 1. The van der Waals surface area contributed by atoms with Gasteiger partial charge in [0.15, 0.2) is 0 Å². The molecule has 3 rings (SSSR count). The lowest BCUT2D eigenvalue weighted by Gasteiger charge is -2.33. The summed E-state index contributed by atoms with van der Waals surface area (Å²) in [7, 11) is 0. The Hall–Kier alpha value is -2.81. The summed E-state index contributed by atoms with van der Waals surface area (Å²) in [5, 5.41) is 13.0. The molecule has 0 saturated carbocycles. The molecule has 0 unspecified atom stereocenters. The summed E-state index contributed by atoms with van der Waals surface area (Å²) in [4.78, 5) is 29.3. The average molecular weight is 391 g/mol. The Morgan fingerprint density at radius 2 is 2.07 bits per heavy atom. The zero-order valence-corrected chi connectivity index (χ0v) is 15.6. The number of aromatic nitrogens is 2. The molecule has 0 spiro atoms. The van der Waals surface area contributed by atoms with Gasteiger partial charge in [-0.1, -0.05) is 17.3 Å². The van der Waals surface area contributed by atoms with E-state index in [0.29, 0.717) is 37.2 Å². The number of halogens is 1. The predicted molar refractivity (Wildman–Crippen MR) is 95.9 cm³/mol. The maximum absolute atomic E-state index is 13.7. The molecule has 150 valence electrons. The summed E-state index contributed by atoms with van der Waals surface area (Å²) in [6, 6.07) is 4.50. The lowest BCUT2D eigenvalue weighted by molar-refractivity contribution is -0.147. The van der Waals surface area contributed by atoms with Gasteiger partial charge in [-0.2, -0.15) is 4.98 Å². The highest BCUT2D eigenvalue weighted by Gasteiger charge is 2.27. The van der Waals surface area contributed by atoms with Crippen LogP contribution in [0.2, 0.25) is 0 Å². The molecule has 0 atom stereocenters. The van der Waals surface area contributed by atoms with E-state index >= 15 is 0 Å². The topological polar surface area (TPSA) is 106 Å². The minimum Gasteiger partial charge on any atom is -0.480 e. The Morgan fingerprint density at radius 1 is 1.32 bits per heavy atom. The van der Waals surface area contributed by atoms with Crippen molar-refractivity contribution in [3.8, 4) is 11.4 Å². The largest absolute Gasteiger partial charge is 0.480 e. The van der Waals surface area contributed by atoms with E-state index in [0.717, 1.165) is 0 Å². The molecule has 1 aliphatic rings. The van der Waals surface area contributed by atoms with Crippen molar-refractivity contribution in [1.29, 1.82) is 0 Å². The van der Waals surface area contributed by atoms with Crippen LogP contribution in [0, 0.1) is 12.7 Å². The van der Waals surface area contributed by atoms with Crippen LogP contribution in [0.5, 0.6) is 0 Å². The van der Waals surface area contributed by atoms with Crippen LogP contribution in [-0.4, -0.2) is 57.8 Å². The Balaban J connectivity index is 1.63. The first-order chi connectivity index (χ1) is 13.4. The number of carbonyl (C=O) groups is 2. The molecule has 28 heavy (non-hydrogen) atoms. The normalized spacial score (nSPS) is 14.8. The number of aryl methyl sites for hydroxylation is 2. The summed E-state index contributed by atoms with van der Waals surface area (Å²) in [5.74, 6) is -1.21. The fourth-order valence-corrected chi connectivity index (χ4v) is 3.13. The quantitative estimate of drug-likeness (QED) is 0.771. The van der Waals surface area contributed by atoms with Gasteiger partial charge in [-0.15, -0.1) is 0 Å². The Labute approximate surface area is 161 Å². The van der Waals surface area contributed by atoms with Crippen LogP contribution in [0.1, 0.15) is 30.7 Å². The van der Waals surface area contributed by atoms with E-state index in [4.69, 9.17) is 14.4 Å². The van der Waals surface area contributed by atoms with Crippen molar-refractivity contribution in [1.82, 2.24) is 15.0 Å². The van der Waals surface area contributed by atoms with Gasteiger partial charge in [-0.3, -0.25) is 9.59 Å². The number of carboxylic acid groups (broad SMARTS) is 1. The van der Waals surface area contributed by atoms with Crippen LogP contribution in [-0.2, 0) is 20.7 Å². The number of carboxylic acids is 1. The third kappa shape index (κ3) is 4.92. The minimum atomic E-state index is -1.05. The fourth-order valence-electron chi connectivity index (χ4n) is 3.13. The molecule has 1 aromatic carbocycles. The van der Waals surface area contributed by atoms with Gasteiger partial charge >= 0.3 is 5.97 Å². The molecule has 8 nitrogen and oxygen atoms in total. The van der Waals surface area contributed by atoms with E-state index in [1.54, 1.807) is 19.1 Å². The highest BCUT2D eigenvalue weighted by molar-refractivity contribution is 5.81. The number of rotatable bonds is 7. The number of benzene rings is 1. The molecule has 0 bridgehead atoms. The molecule has 0 radical (unpaired) electrons. The first-order valence-electron chi connectivity index (χ1n) is 9.12. The van der Waals surface area contributed by atoms with Crippen LogP contribution >= 0.6 is 0 Å². The van der Waals surface area contributed by atoms with Crippen molar-refractivity contribution in [3.63, 3.8) is 0 Å². The van der Waals surface area contributed by atoms with E-state index < -0.39 is 5.97 Å². The first-order valence-corrected chi connectivity index (χ1v) is 9.12. The van der Waals surface area contributed by atoms with Crippen LogP contribution in [0.4, 0.5) is 4.39 Å². The summed E-state index contributed by atoms with van der Waals surface area (Å²) >= 11 is 0. The van der Waals surface area contributed by atoms with Gasteiger partial charge < -0.3 is 19.3 Å². The predicted octanol–water partition coefficient (Wildman–Crippen LogP) is 2.21. The summed E-state index contributed by atoms with van der Waals surface area (Å²) in [5.41, 5.74) is 1.00. The minimum absolute atomic E-state index is 0.0501. The van der Waals surface area contributed by atoms with Gasteiger partial charge in [-0.25, -0.2) is 4.39 Å². The monoisotopic (exact) mass is 391 g/mol. The van der Waals surface area contributed by atoms with Crippen molar-refractivity contribution in [2.45, 2.75) is 38.6 Å². The smallest absolute Gasteiger partial charge is 0.323 e. The second-order valence-corrected chi connectivity index (χ2v) is 6.73. The van der Waals surface area contributed by atoms with Crippen molar-refractivity contribution < 1.29 is 28.3 Å². The number of hydrogen-bond acceptors (Lipinski definition) is 6. The second-order valence-electron chi connectivity index (χ2n) is 6.73. The summed E-state index contributed by atoms with van der Waals surface area (Å²) in [6.07, 6.45) is 1.46. The standard InChI is InChI=1S/C19H22FN3O5/c1-12-2-3-13(10-15(12)20)19-21-16(28-22-19)4-5-17(24)23(11-18(25)26)14-6-8-27-9-7-14/h2-3,10,14H,4-9,11H2,1H3,(H,25,26). The van der Waals surface area contributed by atoms with Crippen LogP contribution < -0.4 is 0 Å². The highest BCUT2D eigenvalue weighted by atomic mass is 19.1. The Kier molecular flexibility index (Phi) is 6.35. The third-order valence-electron chi connectivity index (χ3n) is 4.71. The fraction of sp³-hybridized carbons (Fsp3) is 0.474.